The van der Waals surface area contributed by atoms with Crippen LogP contribution in [0.1, 0.15) is 5.56 Å². The third kappa shape index (κ3) is 2.90. The molecule has 1 rings (SSSR count). The Kier molecular flexibility index (Phi) is 2.97. The molecule has 5 nitrogen and oxygen atoms in total. The Morgan fingerprint density at radius 3 is 2.43 bits per heavy atom. The largest absolute Gasteiger partial charge is 0.497 e. The predicted octanol–water partition coefficient (Wildman–Crippen LogP) is 0.586. The van der Waals surface area contributed by atoms with Crippen LogP contribution >= 0.6 is 0 Å². The zero-order chi connectivity index (χ0) is 10.8. The molecule has 78 valence electrons. The summed E-state index contributed by atoms with van der Waals surface area (Å²) >= 11 is 0. The average Bonchev–Trinajstić information content (AvgIpc) is 2.06. The van der Waals surface area contributed by atoms with Gasteiger partial charge in [-0.15, -0.1) is 0 Å². The lowest BCUT2D eigenvalue weighted by molar-refractivity contribution is 0.413. The molecule has 0 amide bonds. The second-order valence-electron chi connectivity index (χ2n) is 2.71. The van der Waals surface area contributed by atoms with Crippen molar-refractivity contribution < 1.29 is 17.3 Å². The molecule has 0 radical (unpaired) electrons. The standard InChI is InChI=1S/C8H11NO4S/c1-6-5-7(12-2)3-4-8(6)13-14(9,10)11/h3-5H,1-2H3,(H2,9,10,11). The Hall–Kier alpha value is -1.27. The second-order valence-corrected chi connectivity index (χ2v) is 3.86. The Morgan fingerprint density at radius 1 is 1.36 bits per heavy atom. The smallest absolute Gasteiger partial charge is 0.380 e. The summed E-state index contributed by atoms with van der Waals surface area (Å²) in [6.45, 7) is 1.70. The number of hydrogen-bond acceptors (Lipinski definition) is 4. The van der Waals surface area contributed by atoms with Crippen LogP contribution in [-0.4, -0.2) is 15.5 Å². The fourth-order valence-corrected chi connectivity index (χ4v) is 1.40. The summed E-state index contributed by atoms with van der Waals surface area (Å²) in [5, 5.41) is 4.73. The van der Waals surface area contributed by atoms with Gasteiger partial charge in [0, 0.05) is 0 Å². The topological polar surface area (TPSA) is 78.6 Å². The predicted molar refractivity (Wildman–Crippen MR) is 51.5 cm³/mol. The number of benzene rings is 1. The third-order valence-electron chi connectivity index (χ3n) is 1.59. The molecule has 0 aliphatic carbocycles. The number of rotatable bonds is 3. The molecule has 6 heteroatoms. The van der Waals surface area contributed by atoms with E-state index < -0.39 is 10.3 Å². The number of aryl methyl sites for hydroxylation is 1. The van der Waals surface area contributed by atoms with Crippen molar-refractivity contribution in [3.8, 4) is 11.5 Å². The second kappa shape index (κ2) is 3.85. The van der Waals surface area contributed by atoms with Gasteiger partial charge in [-0.1, -0.05) is 0 Å². The summed E-state index contributed by atoms with van der Waals surface area (Å²) in [6.07, 6.45) is 0. The number of ether oxygens (including phenoxy) is 1. The monoisotopic (exact) mass is 217 g/mol. The van der Waals surface area contributed by atoms with Gasteiger partial charge in [0.1, 0.15) is 11.5 Å². The van der Waals surface area contributed by atoms with E-state index in [1.807, 2.05) is 0 Å². The minimum Gasteiger partial charge on any atom is -0.497 e. The van der Waals surface area contributed by atoms with Gasteiger partial charge in [0.25, 0.3) is 0 Å². The van der Waals surface area contributed by atoms with Crippen LogP contribution < -0.4 is 14.1 Å². The van der Waals surface area contributed by atoms with E-state index in [1.165, 1.54) is 13.2 Å². The van der Waals surface area contributed by atoms with E-state index in [2.05, 4.69) is 4.18 Å². The van der Waals surface area contributed by atoms with Crippen LogP contribution in [0.3, 0.4) is 0 Å². The molecule has 0 aromatic heterocycles. The molecule has 0 atom stereocenters. The average molecular weight is 217 g/mol. The van der Waals surface area contributed by atoms with E-state index in [-0.39, 0.29) is 5.75 Å². The fraction of sp³-hybridized carbons (Fsp3) is 0.250. The van der Waals surface area contributed by atoms with Gasteiger partial charge >= 0.3 is 10.3 Å². The maximum Gasteiger partial charge on any atom is 0.380 e. The molecule has 2 N–H and O–H groups in total. The normalized spacial score (nSPS) is 11.1. The molecule has 1 aromatic carbocycles. The molecule has 0 spiro atoms. The Labute approximate surface area is 82.7 Å². The van der Waals surface area contributed by atoms with Gasteiger partial charge in [0.05, 0.1) is 7.11 Å². The first-order valence-corrected chi connectivity index (χ1v) is 5.26. The lowest BCUT2D eigenvalue weighted by Gasteiger charge is -2.07. The molecule has 0 saturated carbocycles. The van der Waals surface area contributed by atoms with Crippen LogP contribution in [-0.2, 0) is 10.3 Å². The van der Waals surface area contributed by atoms with Crippen molar-refractivity contribution >= 4 is 10.3 Å². The van der Waals surface area contributed by atoms with Gasteiger partial charge in [-0.2, -0.15) is 13.6 Å². The maximum atomic E-state index is 10.6. The molecule has 14 heavy (non-hydrogen) atoms. The zero-order valence-electron chi connectivity index (χ0n) is 7.85. The van der Waals surface area contributed by atoms with Gasteiger partial charge in [0.15, 0.2) is 0 Å². The van der Waals surface area contributed by atoms with Crippen molar-refractivity contribution in [1.82, 2.24) is 0 Å². The van der Waals surface area contributed by atoms with E-state index in [0.29, 0.717) is 11.3 Å². The molecule has 0 heterocycles. The van der Waals surface area contributed by atoms with Gasteiger partial charge in [-0.25, -0.2) is 0 Å². The molecule has 1 aromatic rings. The number of methoxy groups -OCH3 is 1. The van der Waals surface area contributed by atoms with Crippen molar-refractivity contribution in [2.75, 3.05) is 7.11 Å². The fourth-order valence-electron chi connectivity index (χ4n) is 0.968. The molecular weight excluding hydrogens is 206 g/mol. The van der Waals surface area contributed by atoms with E-state index in [4.69, 9.17) is 9.88 Å². The van der Waals surface area contributed by atoms with Crippen molar-refractivity contribution in [3.05, 3.63) is 23.8 Å². The van der Waals surface area contributed by atoms with Crippen LogP contribution in [0.5, 0.6) is 11.5 Å². The van der Waals surface area contributed by atoms with Crippen molar-refractivity contribution in [1.29, 1.82) is 0 Å². The summed E-state index contributed by atoms with van der Waals surface area (Å²) in [4.78, 5) is 0. The Morgan fingerprint density at radius 2 is 2.00 bits per heavy atom. The summed E-state index contributed by atoms with van der Waals surface area (Å²) in [5.74, 6) is 0.831. The van der Waals surface area contributed by atoms with Gasteiger partial charge in [-0.3, -0.25) is 0 Å². The van der Waals surface area contributed by atoms with Crippen molar-refractivity contribution in [2.45, 2.75) is 6.92 Å². The molecule has 0 saturated heterocycles. The van der Waals surface area contributed by atoms with E-state index in [0.717, 1.165) is 0 Å². The first kappa shape index (κ1) is 10.8. The number of nitrogens with two attached hydrogens (primary N) is 1. The highest BCUT2D eigenvalue weighted by Gasteiger charge is 2.08. The minimum atomic E-state index is -3.96. The summed E-state index contributed by atoms with van der Waals surface area (Å²) in [5.41, 5.74) is 0.637. The van der Waals surface area contributed by atoms with Crippen molar-refractivity contribution in [3.63, 3.8) is 0 Å². The number of hydrogen-bond donors (Lipinski definition) is 1. The highest BCUT2D eigenvalue weighted by atomic mass is 32.2. The van der Waals surface area contributed by atoms with E-state index >= 15 is 0 Å². The molecule has 0 bridgehead atoms. The first-order valence-electron chi connectivity index (χ1n) is 3.79. The molecular formula is C8H11NO4S. The first-order chi connectivity index (χ1) is 6.42. The lowest BCUT2D eigenvalue weighted by atomic mass is 10.2. The maximum absolute atomic E-state index is 10.6. The van der Waals surface area contributed by atoms with Gasteiger partial charge in [-0.05, 0) is 30.7 Å². The SMILES string of the molecule is COc1ccc(OS(N)(=O)=O)c(C)c1. The lowest BCUT2D eigenvalue weighted by Crippen LogP contribution is -2.19. The minimum absolute atomic E-state index is 0.202. The van der Waals surface area contributed by atoms with Crippen LogP contribution in [0, 0.1) is 6.92 Å². The molecule has 0 aliphatic rings. The van der Waals surface area contributed by atoms with Gasteiger partial charge in [0.2, 0.25) is 0 Å². The highest BCUT2D eigenvalue weighted by Crippen LogP contribution is 2.23. The zero-order valence-corrected chi connectivity index (χ0v) is 8.67. The third-order valence-corrected chi connectivity index (χ3v) is 2.00. The Balaban J connectivity index is 3.01. The summed E-state index contributed by atoms with van der Waals surface area (Å²) in [6, 6.07) is 4.73. The van der Waals surface area contributed by atoms with E-state index in [1.54, 1.807) is 19.1 Å². The molecule has 0 aliphatic heterocycles. The van der Waals surface area contributed by atoms with Gasteiger partial charge < -0.3 is 8.92 Å². The quantitative estimate of drug-likeness (QED) is 0.803. The van der Waals surface area contributed by atoms with E-state index in [9.17, 15) is 8.42 Å². The van der Waals surface area contributed by atoms with Crippen LogP contribution in [0.2, 0.25) is 0 Å². The summed E-state index contributed by atoms with van der Waals surface area (Å²) in [7, 11) is -2.44. The molecule has 0 unspecified atom stereocenters. The summed E-state index contributed by atoms with van der Waals surface area (Å²) < 4.78 is 30.7. The van der Waals surface area contributed by atoms with Crippen LogP contribution in [0.25, 0.3) is 0 Å². The van der Waals surface area contributed by atoms with Crippen LogP contribution in [0.15, 0.2) is 18.2 Å². The van der Waals surface area contributed by atoms with Crippen molar-refractivity contribution in [2.24, 2.45) is 5.14 Å². The highest BCUT2D eigenvalue weighted by molar-refractivity contribution is 7.84. The Bertz CT molecular complexity index is 427. The van der Waals surface area contributed by atoms with Crippen LogP contribution in [0.4, 0.5) is 0 Å². The molecule has 0 fully saturated rings.